The molecule has 2 aliphatic rings. The number of amides is 1. The number of anilines is 1. The summed E-state index contributed by atoms with van der Waals surface area (Å²) in [5.41, 5.74) is 6.30. The number of hydrogen-bond acceptors (Lipinski definition) is 6. The number of likely N-dealkylation sites (N-methyl/N-ethyl adjacent to an activating group) is 1. The van der Waals surface area contributed by atoms with Crippen molar-refractivity contribution in [2.45, 2.75) is 32.2 Å². The van der Waals surface area contributed by atoms with Gasteiger partial charge in [0.1, 0.15) is 17.4 Å². The van der Waals surface area contributed by atoms with Gasteiger partial charge in [-0.3, -0.25) is 9.59 Å². The number of carbonyl (C=O) groups is 1. The number of nitrogens with zero attached hydrogens (tertiary/aromatic N) is 4. The Balaban J connectivity index is 2.10. The van der Waals surface area contributed by atoms with Crippen LogP contribution in [0, 0.1) is 18.3 Å². The van der Waals surface area contributed by atoms with Gasteiger partial charge in [-0.05, 0) is 33.5 Å². The summed E-state index contributed by atoms with van der Waals surface area (Å²) in [6.45, 7) is 5.35. The Kier molecular flexibility index (Phi) is 5.31. The highest BCUT2D eigenvalue weighted by Crippen LogP contribution is 2.54. The zero-order valence-electron chi connectivity index (χ0n) is 18.8. The number of fused-ring (bicyclic) bond motifs is 4. The van der Waals surface area contributed by atoms with Gasteiger partial charge in [-0.2, -0.15) is 5.26 Å². The van der Waals surface area contributed by atoms with Crippen molar-refractivity contribution in [3.63, 3.8) is 0 Å². The van der Waals surface area contributed by atoms with Crippen molar-refractivity contribution < 1.29 is 9.53 Å². The van der Waals surface area contributed by atoms with E-state index in [0.717, 1.165) is 6.42 Å². The lowest BCUT2D eigenvalue weighted by molar-refractivity contribution is -0.121. The van der Waals surface area contributed by atoms with E-state index in [2.05, 4.69) is 6.07 Å². The highest BCUT2D eigenvalue weighted by atomic mass is 16.5. The minimum absolute atomic E-state index is 0.0406. The molecule has 0 radical (unpaired) electrons. The lowest BCUT2D eigenvalue weighted by Crippen LogP contribution is -2.50. The molecule has 8 heteroatoms. The standard InChI is InChI=1S/C24H27N5O3/c1-5-10-29-18-9-7-6-8-16(18)24(23(29)31)17(14-25)21(26)32-19-13-15(2)28(12-11-27(3)4)22(30)20(19)24/h6-9,13H,5,10-12,26H2,1-4H3. The van der Waals surface area contributed by atoms with Crippen molar-refractivity contribution in [2.75, 3.05) is 32.1 Å². The molecule has 0 saturated carbocycles. The van der Waals surface area contributed by atoms with E-state index in [9.17, 15) is 14.9 Å². The summed E-state index contributed by atoms with van der Waals surface area (Å²) in [7, 11) is 3.86. The lowest BCUT2D eigenvalue weighted by Gasteiger charge is -2.34. The molecule has 0 aliphatic carbocycles. The molecule has 2 aliphatic heterocycles. The van der Waals surface area contributed by atoms with Crippen LogP contribution in [0.3, 0.4) is 0 Å². The van der Waals surface area contributed by atoms with Gasteiger partial charge in [-0.1, -0.05) is 25.1 Å². The number of nitriles is 1. The second kappa shape index (κ2) is 7.84. The van der Waals surface area contributed by atoms with Crippen LogP contribution in [0.4, 0.5) is 5.69 Å². The van der Waals surface area contributed by atoms with Crippen LogP contribution < -0.4 is 20.9 Å². The Morgan fingerprint density at radius 1 is 1.22 bits per heavy atom. The van der Waals surface area contributed by atoms with Gasteiger partial charge in [0.25, 0.3) is 5.56 Å². The number of rotatable bonds is 5. The molecular weight excluding hydrogens is 406 g/mol. The summed E-state index contributed by atoms with van der Waals surface area (Å²) in [5, 5.41) is 10.1. The van der Waals surface area contributed by atoms with Crippen LogP contribution in [0.2, 0.25) is 0 Å². The number of benzene rings is 1. The maximum Gasteiger partial charge on any atom is 0.259 e. The van der Waals surface area contributed by atoms with Gasteiger partial charge in [0.2, 0.25) is 11.8 Å². The molecule has 0 bridgehead atoms. The molecule has 1 amide bonds. The summed E-state index contributed by atoms with van der Waals surface area (Å²) < 4.78 is 7.40. The second-order valence-electron chi connectivity index (χ2n) is 8.46. The minimum atomic E-state index is -1.62. The zero-order chi connectivity index (χ0) is 23.2. The van der Waals surface area contributed by atoms with E-state index in [4.69, 9.17) is 10.5 Å². The molecule has 1 aromatic heterocycles. The molecule has 1 spiro atoms. The Hall–Kier alpha value is -3.57. The second-order valence-corrected chi connectivity index (χ2v) is 8.46. The number of aryl methyl sites for hydroxylation is 1. The van der Waals surface area contributed by atoms with Gasteiger partial charge in [0, 0.05) is 42.6 Å². The number of ether oxygens (including phenoxy) is 1. The SMILES string of the molecule is CCCN1C(=O)C2(C(C#N)=C(N)Oc3cc(C)n(CCN(C)C)c(=O)c32)c2ccccc21. The van der Waals surface area contributed by atoms with E-state index >= 15 is 0 Å². The molecule has 4 rings (SSSR count). The Morgan fingerprint density at radius 3 is 2.59 bits per heavy atom. The monoisotopic (exact) mass is 433 g/mol. The maximum absolute atomic E-state index is 14.1. The van der Waals surface area contributed by atoms with Crippen LogP contribution in [-0.4, -0.2) is 42.6 Å². The molecule has 1 unspecified atom stereocenters. The van der Waals surface area contributed by atoms with E-state index < -0.39 is 5.41 Å². The zero-order valence-corrected chi connectivity index (χ0v) is 18.8. The van der Waals surface area contributed by atoms with Gasteiger partial charge >= 0.3 is 0 Å². The van der Waals surface area contributed by atoms with Crippen LogP contribution in [0.1, 0.15) is 30.2 Å². The number of aromatic nitrogens is 1. The fourth-order valence-corrected chi connectivity index (χ4v) is 4.74. The van der Waals surface area contributed by atoms with Crippen molar-refractivity contribution in [3.8, 4) is 11.8 Å². The Labute approximate surface area is 187 Å². The normalized spacial score (nSPS) is 19.2. The Morgan fingerprint density at radius 2 is 1.94 bits per heavy atom. The number of nitrogens with two attached hydrogens (primary N) is 1. The van der Waals surface area contributed by atoms with E-state index in [1.807, 2.05) is 51.0 Å². The van der Waals surface area contributed by atoms with Gasteiger partial charge < -0.3 is 24.8 Å². The molecule has 2 N–H and O–H groups in total. The average molecular weight is 434 g/mol. The molecule has 8 nitrogen and oxygen atoms in total. The van der Waals surface area contributed by atoms with Crippen LogP contribution >= 0.6 is 0 Å². The lowest BCUT2D eigenvalue weighted by atomic mass is 9.69. The van der Waals surface area contributed by atoms with Crippen molar-refractivity contribution >= 4 is 11.6 Å². The number of hydrogen-bond donors (Lipinski definition) is 1. The van der Waals surface area contributed by atoms with Gasteiger partial charge in [-0.15, -0.1) is 0 Å². The first-order chi connectivity index (χ1) is 15.3. The number of para-hydroxylation sites is 1. The predicted octanol–water partition coefficient (Wildman–Crippen LogP) is 1.85. The first-order valence-electron chi connectivity index (χ1n) is 10.7. The summed E-state index contributed by atoms with van der Waals surface area (Å²) in [5.74, 6) is -0.261. The third-order valence-corrected chi connectivity index (χ3v) is 6.18. The minimum Gasteiger partial charge on any atom is -0.440 e. The Bertz CT molecular complexity index is 1240. The fourth-order valence-electron chi connectivity index (χ4n) is 4.74. The van der Waals surface area contributed by atoms with Crippen molar-refractivity contribution in [1.29, 1.82) is 5.26 Å². The van der Waals surface area contributed by atoms with Gasteiger partial charge in [0.05, 0.1) is 5.56 Å². The fraction of sp³-hybridized carbons (Fsp3) is 0.375. The molecular formula is C24H27N5O3. The molecule has 3 heterocycles. The summed E-state index contributed by atoms with van der Waals surface area (Å²) in [6, 6.07) is 11.1. The first kappa shape index (κ1) is 21.7. The van der Waals surface area contributed by atoms with E-state index in [0.29, 0.717) is 36.6 Å². The van der Waals surface area contributed by atoms with Crippen molar-refractivity contribution in [2.24, 2.45) is 5.73 Å². The van der Waals surface area contributed by atoms with Crippen LogP contribution in [0.5, 0.6) is 5.75 Å². The quantitative estimate of drug-likeness (QED) is 0.772. The molecule has 0 saturated heterocycles. The molecule has 0 fully saturated rings. The average Bonchev–Trinajstić information content (AvgIpc) is 2.97. The third-order valence-electron chi connectivity index (χ3n) is 6.18. The highest BCUT2D eigenvalue weighted by molar-refractivity contribution is 6.14. The van der Waals surface area contributed by atoms with Gasteiger partial charge in [0.15, 0.2) is 5.41 Å². The maximum atomic E-state index is 14.1. The van der Waals surface area contributed by atoms with E-state index in [1.165, 1.54) is 0 Å². The molecule has 1 aromatic carbocycles. The largest absolute Gasteiger partial charge is 0.440 e. The highest BCUT2D eigenvalue weighted by Gasteiger charge is 2.60. The van der Waals surface area contributed by atoms with Crippen LogP contribution in [-0.2, 0) is 16.8 Å². The summed E-state index contributed by atoms with van der Waals surface area (Å²) in [4.78, 5) is 31.6. The van der Waals surface area contributed by atoms with Crippen molar-refractivity contribution in [3.05, 3.63) is 69.0 Å². The smallest absolute Gasteiger partial charge is 0.259 e. The molecule has 32 heavy (non-hydrogen) atoms. The number of carbonyl (C=O) groups excluding carboxylic acids is 1. The first-order valence-corrected chi connectivity index (χ1v) is 10.7. The summed E-state index contributed by atoms with van der Waals surface area (Å²) in [6.07, 6.45) is 0.724. The van der Waals surface area contributed by atoms with E-state index in [-0.39, 0.29) is 34.2 Å². The van der Waals surface area contributed by atoms with Crippen LogP contribution in [0.25, 0.3) is 0 Å². The summed E-state index contributed by atoms with van der Waals surface area (Å²) >= 11 is 0. The number of pyridine rings is 1. The molecule has 2 aromatic rings. The molecule has 1 atom stereocenters. The third kappa shape index (κ3) is 2.85. The molecule has 166 valence electrons. The van der Waals surface area contributed by atoms with Crippen LogP contribution in [0.15, 0.2) is 46.6 Å². The predicted molar refractivity (Wildman–Crippen MR) is 121 cm³/mol. The topological polar surface area (TPSA) is 105 Å². The van der Waals surface area contributed by atoms with E-state index in [1.54, 1.807) is 21.6 Å². The van der Waals surface area contributed by atoms with Gasteiger partial charge in [-0.25, -0.2) is 0 Å². The van der Waals surface area contributed by atoms with Crippen molar-refractivity contribution in [1.82, 2.24) is 9.47 Å².